The van der Waals surface area contributed by atoms with Gasteiger partial charge in [-0.15, -0.1) is 0 Å². The highest BCUT2D eigenvalue weighted by molar-refractivity contribution is 7.87. The highest BCUT2D eigenvalue weighted by atomic mass is 32.2. The van der Waals surface area contributed by atoms with Gasteiger partial charge in [-0.1, -0.05) is 24.3 Å². The minimum absolute atomic E-state index is 0.195. The van der Waals surface area contributed by atoms with Crippen molar-refractivity contribution in [3.8, 4) is 0 Å². The first kappa shape index (κ1) is 12.7. The normalized spacial score (nSPS) is 11.6. The van der Waals surface area contributed by atoms with E-state index in [9.17, 15) is 8.42 Å². The van der Waals surface area contributed by atoms with Gasteiger partial charge in [-0.25, -0.2) is 5.14 Å². The zero-order valence-corrected chi connectivity index (χ0v) is 10.5. The first-order valence-electron chi connectivity index (χ1n) is 5.35. The second-order valence-electron chi connectivity index (χ2n) is 3.89. The lowest BCUT2D eigenvalue weighted by atomic mass is 10.1. The molecule has 0 radical (unpaired) electrons. The van der Waals surface area contributed by atoms with E-state index in [-0.39, 0.29) is 6.54 Å². The second-order valence-corrected chi connectivity index (χ2v) is 5.26. The number of nitrogens with one attached hydrogen (secondary N) is 1. The van der Waals surface area contributed by atoms with E-state index < -0.39 is 10.2 Å². The third-order valence-corrected chi connectivity index (χ3v) is 2.95. The molecule has 96 valence electrons. The van der Waals surface area contributed by atoms with E-state index in [1.807, 2.05) is 41.2 Å². The van der Waals surface area contributed by atoms with Crippen LogP contribution in [0.2, 0.25) is 0 Å². The number of aromatic nitrogens is 2. The van der Waals surface area contributed by atoms with Gasteiger partial charge in [0.15, 0.2) is 0 Å². The van der Waals surface area contributed by atoms with Crippen molar-refractivity contribution < 1.29 is 8.42 Å². The molecule has 18 heavy (non-hydrogen) atoms. The Labute approximate surface area is 106 Å². The summed E-state index contributed by atoms with van der Waals surface area (Å²) in [6, 6.07) is 9.45. The molecule has 1 heterocycles. The molecular formula is C11H14N4O2S. The molecule has 6 nitrogen and oxygen atoms in total. The topological polar surface area (TPSA) is 90.0 Å². The number of nitrogens with zero attached hydrogens (tertiary/aromatic N) is 2. The lowest BCUT2D eigenvalue weighted by Gasteiger charge is -2.05. The summed E-state index contributed by atoms with van der Waals surface area (Å²) in [5.74, 6) is 0. The molecule has 1 aromatic heterocycles. The van der Waals surface area contributed by atoms with Crippen LogP contribution in [0.5, 0.6) is 0 Å². The van der Waals surface area contributed by atoms with Gasteiger partial charge in [-0.3, -0.25) is 4.68 Å². The van der Waals surface area contributed by atoms with Gasteiger partial charge in [0.2, 0.25) is 0 Å². The molecule has 0 aliphatic carbocycles. The molecule has 1 aromatic carbocycles. The predicted octanol–water partition coefficient (Wildman–Crippen LogP) is 0.224. The van der Waals surface area contributed by atoms with Gasteiger partial charge in [-0.05, 0) is 17.2 Å². The molecule has 0 amide bonds. The zero-order valence-electron chi connectivity index (χ0n) is 9.65. The molecule has 2 aromatic rings. The Hall–Kier alpha value is -1.70. The van der Waals surface area contributed by atoms with Crippen LogP contribution in [0.1, 0.15) is 11.1 Å². The molecule has 0 unspecified atom stereocenters. The summed E-state index contributed by atoms with van der Waals surface area (Å²) < 4.78 is 25.5. The van der Waals surface area contributed by atoms with Gasteiger partial charge in [0, 0.05) is 18.9 Å². The van der Waals surface area contributed by atoms with E-state index in [2.05, 4.69) is 9.82 Å². The van der Waals surface area contributed by atoms with Gasteiger partial charge in [0.05, 0.1) is 6.54 Å². The Bertz CT molecular complexity index is 590. The van der Waals surface area contributed by atoms with E-state index in [4.69, 9.17) is 5.14 Å². The molecular weight excluding hydrogens is 252 g/mol. The molecule has 2 rings (SSSR count). The van der Waals surface area contributed by atoms with Crippen LogP contribution in [0.4, 0.5) is 0 Å². The third kappa shape index (κ3) is 3.95. The van der Waals surface area contributed by atoms with E-state index >= 15 is 0 Å². The zero-order chi connectivity index (χ0) is 13.0. The molecule has 0 fully saturated rings. The number of hydrogen-bond donors (Lipinski definition) is 2. The molecule has 0 bridgehead atoms. The number of benzene rings is 1. The maximum absolute atomic E-state index is 10.7. The summed E-state index contributed by atoms with van der Waals surface area (Å²) in [6.45, 7) is 0.886. The van der Waals surface area contributed by atoms with E-state index in [0.29, 0.717) is 6.54 Å². The molecule has 3 N–H and O–H groups in total. The molecule has 0 saturated carbocycles. The van der Waals surface area contributed by atoms with Crippen LogP contribution in [0, 0.1) is 0 Å². The Balaban J connectivity index is 1.97. The number of rotatable bonds is 5. The van der Waals surface area contributed by atoms with Gasteiger partial charge < -0.3 is 0 Å². The Morgan fingerprint density at radius 1 is 1.22 bits per heavy atom. The monoisotopic (exact) mass is 266 g/mol. The smallest absolute Gasteiger partial charge is 0.268 e. The maximum atomic E-state index is 10.7. The van der Waals surface area contributed by atoms with Crippen LogP contribution in [-0.4, -0.2) is 18.2 Å². The maximum Gasteiger partial charge on any atom is 0.274 e. The number of hydrogen-bond acceptors (Lipinski definition) is 3. The van der Waals surface area contributed by atoms with Crippen LogP contribution in [-0.2, 0) is 23.3 Å². The predicted molar refractivity (Wildman–Crippen MR) is 67.7 cm³/mol. The summed E-state index contributed by atoms with van der Waals surface area (Å²) in [6.07, 6.45) is 3.61. The summed E-state index contributed by atoms with van der Waals surface area (Å²) in [5, 5.41) is 8.96. The second kappa shape index (κ2) is 5.30. The van der Waals surface area contributed by atoms with Gasteiger partial charge in [0.1, 0.15) is 0 Å². The molecule has 7 heteroatoms. The highest BCUT2D eigenvalue weighted by Gasteiger charge is 2.01. The molecule has 0 spiro atoms. The lowest BCUT2D eigenvalue weighted by Crippen LogP contribution is -2.30. The van der Waals surface area contributed by atoms with Crippen molar-refractivity contribution in [2.75, 3.05) is 0 Å². The Morgan fingerprint density at radius 3 is 2.44 bits per heavy atom. The van der Waals surface area contributed by atoms with Crippen molar-refractivity contribution in [1.82, 2.24) is 14.5 Å². The average Bonchev–Trinajstić information content (AvgIpc) is 2.80. The van der Waals surface area contributed by atoms with Crippen LogP contribution >= 0.6 is 0 Å². The Kier molecular flexibility index (Phi) is 3.75. The third-order valence-electron chi connectivity index (χ3n) is 2.40. The van der Waals surface area contributed by atoms with Crippen LogP contribution < -0.4 is 9.86 Å². The van der Waals surface area contributed by atoms with Crippen molar-refractivity contribution in [2.24, 2.45) is 5.14 Å². The minimum atomic E-state index is -3.64. The van der Waals surface area contributed by atoms with E-state index in [0.717, 1.165) is 11.1 Å². The van der Waals surface area contributed by atoms with Crippen LogP contribution in [0.25, 0.3) is 0 Å². The number of nitrogens with two attached hydrogens (primary N) is 1. The summed E-state index contributed by atoms with van der Waals surface area (Å²) in [7, 11) is -3.64. The average molecular weight is 266 g/mol. The van der Waals surface area contributed by atoms with Crippen molar-refractivity contribution >= 4 is 10.2 Å². The molecule has 0 aliphatic rings. The molecule has 0 aliphatic heterocycles. The van der Waals surface area contributed by atoms with Crippen molar-refractivity contribution in [3.63, 3.8) is 0 Å². The summed E-state index contributed by atoms with van der Waals surface area (Å²) in [5.41, 5.74) is 1.95. The van der Waals surface area contributed by atoms with E-state index in [1.165, 1.54) is 0 Å². The lowest BCUT2D eigenvalue weighted by molar-refractivity contribution is 0.583. The minimum Gasteiger partial charge on any atom is -0.268 e. The molecule has 0 saturated heterocycles. The quantitative estimate of drug-likeness (QED) is 0.811. The standard InChI is InChI=1S/C11H14N4O2S/c12-18(16,17)14-8-10-2-4-11(5-3-10)9-15-7-1-6-13-15/h1-7,14H,8-9H2,(H2,12,16,17). The fraction of sp³-hybridized carbons (Fsp3) is 0.182. The van der Waals surface area contributed by atoms with Crippen LogP contribution in [0.15, 0.2) is 42.7 Å². The van der Waals surface area contributed by atoms with Crippen molar-refractivity contribution in [1.29, 1.82) is 0 Å². The van der Waals surface area contributed by atoms with Gasteiger partial charge in [0.25, 0.3) is 10.2 Å². The fourth-order valence-corrected chi connectivity index (χ4v) is 1.90. The highest BCUT2D eigenvalue weighted by Crippen LogP contribution is 2.06. The molecule has 0 atom stereocenters. The summed E-state index contributed by atoms with van der Waals surface area (Å²) in [4.78, 5) is 0. The first-order chi connectivity index (χ1) is 8.53. The fourth-order valence-electron chi connectivity index (χ4n) is 1.53. The van der Waals surface area contributed by atoms with E-state index in [1.54, 1.807) is 6.20 Å². The largest absolute Gasteiger partial charge is 0.274 e. The van der Waals surface area contributed by atoms with Gasteiger partial charge in [-0.2, -0.15) is 18.2 Å². The van der Waals surface area contributed by atoms with Crippen molar-refractivity contribution in [2.45, 2.75) is 13.1 Å². The Morgan fingerprint density at radius 2 is 1.89 bits per heavy atom. The van der Waals surface area contributed by atoms with Crippen LogP contribution in [0.3, 0.4) is 0 Å². The van der Waals surface area contributed by atoms with Gasteiger partial charge >= 0.3 is 0 Å². The summed E-state index contributed by atoms with van der Waals surface area (Å²) >= 11 is 0. The first-order valence-corrected chi connectivity index (χ1v) is 6.90. The van der Waals surface area contributed by atoms with Crippen molar-refractivity contribution in [3.05, 3.63) is 53.9 Å². The SMILES string of the molecule is NS(=O)(=O)NCc1ccc(Cn2cccn2)cc1.